The zero-order valence-corrected chi connectivity index (χ0v) is 12.5. The summed E-state index contributed by atoms with van der Waals surface area (Å²) >= 11 is 3.09. The van der Waals surface area contributed by atoms with Crippen molar-refractivity contribution < 1.29 is 5.11 Å². The molecule has 6 heteroatoms. The van der Waals surface area contributed by atoms with Crippen LogP contribution in [0.5, 0.6) is 0 Å². The summed E-state index contributed by atoms with van der Waals surface area (Å²) in [7, 11) is 0. The average Bonchev–Trinajstić information content (AvgIpc) is 3.24. The van der Waals surface area contributed by atoms with Crippen molar-refractivity contribution in [3.63, 3.8) is 0 Å². The fourth-order valence-electron chi connectivity index (χ4n) is 2.25. The number of aromatic nitrogens is 3. The van der Waals surface area contributed by atoms with Gasteiger partial charge in [0, 0.05) is 10.3 Å². The van der Waals surface area contributed by atoms with E-state index in [4.69, 9.17) is 0 Å². The molecule has 1 unspecified atom stereocenters. The third-order valence-corrected chi connectivity index (χ3v) is 4.82. The van der Waals surface area contributed by atoms with E-state index in [-0.39, 0.29) is 0 Å². The van der Waals surface area contributed by atoms with Crippen LogP contribution in [-0.2, 0) is 0 Å². The Morgan fingerprint density at radius 3 is 2.95 bits per heavy atom. The summed E-state index contributed by atoms with van der Waals surface area (Å²) in [4.78, 5) is 13.0. The smallest absolute Gasteiger partial charge is 0.158 e. The number of aliphatic hydroxyl groups is 1. The molecule has 2 N–H and O–H groups in total. The van der Waals surface area contributed by atoms with Crippen LogP contribution in [0.4, 0.5) is 0 Å². The van der Waals surface area contributed by atoms with Crippen molar-refractivity contribution in [1.29, 1.82) is 0 Å². The van der Waals surface area contributed by atoms with Crippen LogP contribution in [-0.4, -0.2) is 20.1 Å². The fraction of sp³-hybridized carbons (Fsp3) is 0.0667. The topological polar surface area (TPSA) is 61.8 Å². The molecular formula is C15H11N3OS2. The standard InChI is InChI=1S/C15H11N3OS2/c19-14(13-2-1-5-21-13)9-3-4-10-11(6-9)18-15(17-10)12-7-20-8-16-12/h1-8,14,19H,(H,17,18). The molecule has 1 aromatic carbocycles. The summed E-state index contributed by atoms with van der Waals surface area (Å²) in [5, 5.41) is 14.3. The van der Waals surface area contributed by atoms with Crippen LogP contribution in [0.25, 0.3) is 22.6 Å². The van der Waals surface area contributed by atoms with Crippen molar-refractivity contribution in [3.8, 4) is 11.5 Å². The number of thiazole rings is 1. The minimum atomic E-state index is -0.603. The number of nitrogens with one attached hydrogen (secondary N) is 1. The molecule has 0 saturated heterocycles. The molecule has 0 amide bonds. The van der Waals surface area contributed by atoms with E-state index in [9.17, 15) is 5.11 Å². The minimum Gasteiger partial charge on any atom is -0.383 e. The third-order valence-electron chi connectivity index (χ3n) is 3.31. The maximum absolute atomic E-state index is 10.4. The lowest BCUT2D eigenvalue weighted by Crippen LogP contribution is -1.96. The zero-order chi connectivity index (χ0) is 14.2. The number of aliphatic hydroxyl groups excluding tert-OH is 1. The molecule has 104 valence electrons. The predicted molar refractivity (Wildman–Crippen MR) is 85.6 cm³/mol. The van der Waals surface area contributed by atoms with Gasteiger partial charge in [-0.2, -0.15) is 0 Å². The van der Waals surface area contributed by atoms with Crippen molar-refractivity contribution in [2.24, 2.45) is 0 Å². The number of thiophene rings is 1. The summed E-state index contributed by atoms with van der Waals surface area (Å²) in [6.07, 6.45) is -0.603. The van der Waals surface area contributed by atoms with E-state index in [1.54, 1.807) is 28.2 Å². The molecule has 1 atom stereocenters. The number of fused-ring (bicyclic) bond motifs is 1. The minimum absolute atomic E-state index is 0.603. The number of rotatable bonds is 3. The van der Waals surface area contributed by atoms with Gasteiger partial charge in [0.2, 0.25) is 0 Å². The quantitative estimate of drug-likeness (QED) is 0.604. The second kappa shape index (κ2) is 5.07. The Bertz CT molecular complexity index is 866. The molecule has 4 aromatic rings. The predicted octanol–water partition coefficient (Wildman–Crippen LogP) is 3.83. The number of H-pyrrole nitrogens is 1. The van der Waals surface area contributed by atoms with E-state index in [1.807, 2.05) is 41.1 Å². The van der Waals surface area contributed by atoms with E-state index in [1.165, 1.54) is 0 Å². The summed E-state index contributed by atoms with van der Waals surface area (Å²) < 4.78 is 0. The first-order valence-electron chi connectivity index (χ1n) is 6.41. The molecule has 3 heterocycles. The van der Waals surface area contributed by atoms with Crippen LogP contribution >= 0.6 is 22.7 Å². The average molecular weight is 313 g/mol. The second-order valence-electron chi connectivity index (χ2n) is 4.65. The highest BCUT2D eigenvalue weighted by atomic mass is 32.1. The first-order valence-corrected chi connectivity index (χ1v) is 8.23. The first kappa shape index (κ1) is 12.7. The Morgan fingerprint density at radius 2 is 2.19 bits per heavy atom. The lowest BCUT2D eigenvalue weighted by atomic mass is 10.1. The van der Waals surface area contributed by atoms with Crippen LogP contribution in [0.1, 0.15) is 16.5 Å². The van der Waals surface area contributed by atoms with Gasteiger partial charge in [-0.25, -0.2) is 9.97 Å². The molecular weight excluding hydrogens is 302 g/mol. The lowest BCUT2D eigenvalue weighted by Gasteiger charge is -2.08. The molecule has 21 heavy (non-hydrogen) atoms. The molecule has 0 spiro atoms. The van der Waals surface area contributed by atoms with Crippen molar-refractivity contribution in [2.75, 3.05) is 0 Å². The molecule has 0 bridgehead atoms. The molecule has 0 radical (unpaired) electrons. The third kappa shape index (κ3) is 2.27. The number of imidazole rings is 1. The Hall–Kier alpha value is -2.02. The summed E-state index contributed by atoms with van der Waals surface area (Å²) in [5.74, 6) is 0.758. The van der Waals surface area contributed by atoms with Gasteiger partial charge in [-0.05, 0) is 29.1 Å². The van der Waals surface area contributed by atoms with E-state index in [0.717, 1.165) is 33.0 Å². The maximum atomic E-state index is 10.4. The van der Waals surface area contributed by atoms with E-state index >= 15 is 0 Å². The summed E-state index contributed by atoms with van der Waals surface area (Å²) in [6.45, 7) is 0. The highest BCUT2D eigenvalue weighted by molar-refractivity contribution is 7.10. The summed E-state index contributed by atoms with van der Waals surface area (Å²) in [5.41, 5.74) is 5.26. The fourth-order valence-corrected chi connectivity index (χ4v) is 3.53. The van der Waals surface area contributed by atoms with Gasteiger partial charge in [0.05, 0.1) is 16.5 Å². The van der Waals surface area contributed by atoms with Gasteiger partial charge < -0.3 is 10.1 Å². The van der Waals surface area contributed by atoms with Crippen molar-refractivity contribution in [2.45, 2.75) is 6.10 Å². The van der Waals surface area contributed by atoms with Gasteiger partial charge in [0.15, 0.2) is 5.82 Å². The zero-order valence-electron chi connectivity index (χ0n) is 10.9. The van der Waals surface area contributed by atoms with E-state index in [2.05, 4.69) is 15.0 Å². The van der Waals surface area contributed by atoms with Crippen molar-refractivity contribution in [3.05, 3.63) is 57.0 Å². The Morgan fingerprint density at radius 1 is 1.24 bits per heavy atom. The van der Waals surface area contributed by atoms with Gasteiger partial charge >= 0.3 is 0 Å². The molecule has 4 rings (SSSR count). The maximum Gasteiger partial charge on any atom is 0.158 e. The normalized spacial score (nSPS) is 12.8. The Balaban J connectivity index is 1.76. The number of hydrogen-bond acceptors (Lipinski definition) is 5. The van der Waals surface area contributed by atoms with Crippen molar-refractivity contribution in [1.82, 2.24) is 15.0 Å². The molecule has 0 aliphatic rings. The first-order chi connectivity index (χ1) is 10.3. The van der Waals surface area contributed by atoms with Gasteiger partial charge in [-0.15, -0.1) is 22.7 Å². The van der Waals surface area contributed by atoms with Crippen LogP contribution in [0.3, 0.4) is 0 Å². The van der Waals surface area contributed by atoms with Gasteiger partial charge in [-0.1, -0.05) is 12.1 Å². The van der Waals surface area contributed by atoms with Crippen LogP contribution in [0, 0.1) is 0 Å². The van der Waals surface area contributed by atoms with Crippen LogP contribution < -0.4 is 0 Å². The number of aromatic amines is 1. The molecule has 0 aliphatic heterocycles. The molecule has 4 nitrogen and oxygen atoms in total. The van der Waals surface area contributed by atoms with Crippen molar-refractivity contribution >= 4 is 33.7 Å². The van der Waals surface area contributed by atoms with Crippen LogP contribution in [0.15, 0.2) is 46.6 Å². The monoisotopic (exact) mass is 313 g/mol. The Labute approximate surface area is 128 Å². The highest BCUT2D eigenvalue weighted by Gasteiger charge is 2.14. The van der Waals surface area contributed by atoms with E-state index in [0.29, 0.717) is 0 Å². The van der Waals surface area contributed by atoms with Gasteiger partial charge in [-0.3, -0.25) is 0 Å². The largest absolute Gasteiger partial charge is 0.383 e. The molecule has 0 saturated carbocycles. The molecule has 0 aliphatic carbocycles. The Kier molecular flexibility index (Phi) is 3.07. The van der Waals surface area contributed by atoms with E-state index < -0.39 is 6.10 Å². The van der Waals surface area contributed by atoms with Gasteiger partial charge in [0.1, 0.15) is 11.8 Å². The molecule has 3 aromatic heterocycles. The van der Waals surface area contributed by atoms with Crippen LogP contribution in [0.2, 0.25) is 0 Å². The molecule has 0 fully saturated rings. The second-order valence-corrected chi connectivity index (χ2v) is 6.35. The number of hydrogen-bond donors (Lipinski definition) is 2. The highest BCUT2D eigenvalue weighted by Crippen LogP contribution is 2.28. The van der Waals surface area contributed by atoms with Gasteiger partial charge in [0.25, 0.3) is 0 Å². The summed E-state index contributed by atoms with van der Waals surface area (Å²) in [6, 6.07) is 9.67. The SMILES string of the molecule is OC(c1ccc2[nH]c(-c3cscn3)nc2c1)c1cccs1. The number of benzene rings is 1. The lowest BCUT2D eigenvalue weighted by molar-refractivity contribution is 0.224. The number of nitrogens with zero attached hydrogens (tertiary/aromatic N) is 2.